The highest BCUT2D eigenvalue weighted by Gasteiger charge is 2.41. The first-order valence-electron chi connectivity index (χ1n) is 6.27. The molecule has 0 spiro atoms. The van der Waals surface area contributed by atoms with Crippen molar-refractivity contribution >= 4 is 44.8 Å². The van der Waals surface area contributed by atoms with E-state index >= 15 is 0 Å². The van der Waals surface area contributed by atoms with Crippen LogP contribution in [0.4, 0.5) is 0 Å². The normalized spacial score (nSPS) is 19.4. The second-order valence-corrected chi connectivity index (χ2v) is 8.35. The Balaban J connectivity index is 2.56. The van der Waals surface area contributed by atoms with Crippen LogP contribution < -0.4 is 0 Å². The van der Waals surface area contributed by atoms with Gasteiger partial charge in [-0.3, -0.25) is 0 Å². The van der Waals surface area contributed by atoms with Crippen molar-refractivity contribution in [3.63, 3.8) is 0 Å². The molecule has 0 N–H and O–H groups in total. The zero-order valence-corrected chi connectivity index (χ0v) is 14.4. The highest BCUT2D eigenvalue weighted by Crippen LogP contribution is 2.38. The van der Waals surface area contributed by atoms with Crippen molar-refractivity contribution in [1.29, 1.82) is 0 Å². The molecule has 0 amide bonds. The zero-order valence-electron chi connectivity index (χ0n) is 11.3. The van der Waals surface area contributed by atoms with Crippen LogP contribution in [0, 0.1) is 0 Å². The molecule has 1 fully saturated rings. The van der Waals surface area contributed by atoms with Crippen LogP contribution >= 0.6 is 34.8 Å². The van der Waals surface area contributed by atoms with E-state index in [1.165, 1.54) is 16.4 Å². The van der Waals surface area contributed by atoms with E-state index in [4.69, 9.17) is 34.8 Å². The predicted octanol–water partition coefficient (Wildman–Crippen LogP) is 4.30. The quantitative estimate of drug-likeness (QED) is 0.757. The molecule has 7 heteroatoms. The van der Waals surface area contributed by atoms with E-state index < -0.39 is 15.6 Å². The van der Waals surface area contributed by atoms with Crippen LogP contribution in [-0.2, 0) is 15.9 Å². The van der Waals surface area contributed by atoms with E-state index in [0.717, 1.165) is 12.8 Å². The highest BCUT2D eigenvalue weighted by molar-refractivity contribution is 7.89. The van der Waals surface area contributed by atoms with Crippen molar-refractivity contribution in [3.05, 3.63) is 27.7 Å². The third-order valence-electron chi connectivity index (χ3n) is 3.68. The number of alkyl halides is 1. The monoisotopic (exact) mass is 355 g/mol. The topological polar surface area (TPSA) is 37.4 Å². The number of halogens is 3. The largest absolute Gasteiger partial charge is 0.245 e. The summed E-state index contributed by atoms with van der Waals surface area (Å²) in [5.41, 5.74) is 0.0520. The van der Waals surface area contributed by atoms with Crippen molar-refractivity contribution in [2.24, 2.45) is 0 Å². The maximum Gasteiger partial charge on any atom is 0.245 e. The van der Waals surface area contributed by atoms with Gasteiger partial charge in [-0.1, -0.05) is 23.2 Å². The van der Waals surface area contributed by atoms with Crippen LogP contribution in [0.3, 0.4) is 0 Å². The molecule has 0 atom stereocenters. The van der Waals surface area contributed by atoms with E-state index in [0.29, 0.717) is 17.1 Å². The summed E-state index contributed by atoms with van der Waals surface area (Å²) in [6.07, 6.45) is 1.68. The predicted molar refractivity (Wildman–Crippen MR) is 83.2 cm³/mol. The summed E-state index contributed by atoms with van der Waals surface area (Å²) >= 11 is 18.0. The molecule has 1 heterocycles. The first-order chi connectivity index (χ1) is 9.21. The summed E-state index contributed by atoms with van der Waals surface area (Å²) in [6.45, 7) is 4.35. The SMILES string of the molecule is CC1(C)CCCN1S(=O)(=O)c1ccc(Cl)c(CCl)c1Cl. The van der Waals surface area contributed by atoms with Gasteiger partial charge in [-0.05, 0) is 38.8 Å². The van der Waals surface area contributed by atoms with Crippen LogP contribution in [-0.4, -0.2) is 24.8 Å². The van der Waals surface area contributed by atoms with Gasteiger partial charge in [0.1, 0.15) is 4.90 Å². The molecule has 1 aromatic rings. The molecule has 1 aromatic carbocycles. The average molecular weight is 357 g/mol. The van der Waals surface area contributed by atoms with Crippen LogP contribution in [0.1, 0.15) is 32.3 Å². The molecule has 20 heavy (non-hydrogen) atoms. The summed E-state index contributed by atoms with van der Waals surface area (Å²) in [7, 11) is -3.64. The lowest BCUT2D eigenvalue weighted by Crippen LogP contribution is -2.42. The maximum absolute atomic E-state index is 12.8. The van der Waals surface area contributed by atoms with E-state index in [1.54, 1.807) is 0 Å². The van der Waals surface area contributed by atoms with E-state index in [9.17, 15) is 8.42 Å². The van der Waals surface area contributed by atoms with E-state index in [2.05, 4.69) is 0 Å². The average Bonchev–Trinajstić information content (AvgIpc) is 2.69. The van der Waals surface area contributed by atoms with Gasteiger partial charge in [0.25, 0.3) is 0 Å². The van der Waals surface area contributed by atoms with Gasteiger partial charge in [-0.2, -0.15) is 4.31 Å². The van der Waals surface area contributed by atoms with Gasteiger partial charge in [0.15, 0.2) is 0 Å². The third-order valence-corrected chi connectivity index (χ3v) is 7.00. The van der Waals surface area contributed by atoms with Crippen molar-refractivity contribution < 1.29 is 8.42 Å². The lowest BCUT2D eigenvalue weighted by atomic mass is 10.0. The fourth-order valence-corrected chi connectivity index (χ4v) is 5.69. The molecule has 0 aliphatic carbocycles. The molecule has 0 saturated carbocycles. The van der Waals surface area contributed by atoms with Gasteiger partial charge >= 0.3 is 0 Å². The lowest BCUT2D eigenvalue weighted by Gasteiger charge is -2.31. The van der Waals surface area contributed by atoms with E-state index in [-0.39, 0.29) is 15.8 Å². The molecule has 1 saturated heterocycles. The molecule has 1 aliphatic rings. The highest BCUT2D eigenvalue weighted by atomic mass is 35.5. The van der Waals surface area contributed by atoms with Crippen LogP contribution in [0.5, 0.6) is 0 Å². The second kappa shape index (κ2) is 5.65. The van der Waals surface area contributed by atoms with Gasteiger partial charge in [-0.15, -0.1) is 11.6 Å². The fraction of sp³-hybridized carbons (Fsp3) is 0.538. The Labute approximate surface area is 134 Å². The first kappa shape index (κ1) is 16.4. The molecular weight excluding hydrogens is 341 g/mol. The standard InChI is InChI=1S/C13H16Cl3NO2S/c1-13(2)6-3-7-17(13)20(18,19)11-5-4-10(15)9(8-14)12(11)16/h4-5H,3,6-8H2,1-2H3. The number of rotatable bonds is 3. The minimum absolute atomic E-state index is 0.0738. The Bertz CT molecular complexity index is 629. The van der Waals surface area contributed by atoms with Gasteiger partial charge in [0, 0.05) is 22.7 Å². The Morgan fingerprint density at radius 3 is 2.45 bits per heavy atom. The number of sulfonamides is 1. The number of hydrogen-bond acceptors (Lipinski definition) is 2. The molecular formula is C13H16Cl3NO2S. The fourth-order valence-electron chi connectivity index (χ4n) is 2.54. The summed E-state index contributed by atoms with van der Waals surface area (Å²) < 4.78 is 27.1. The Morgan fingerprint density at radius 1 is 1.30 bits per heavy atom. The Morgan fingerprint density at radius 2 is 1.95 bits per heavy atom. The molecule has 112 valence electrons. The smallest absolute Gasteiger partial charge is 0.207 e. The van der Waals surface area contributed by atoms with Crippen molar-refractivity contribution in [2.45, 2.75) is 43.0 Å². The van der Waals surface area contributed by atoms with Crippen molar-refractivity contribution in [1.82, 2.24) is 4.31 Å². The van der Waals surface area contributed by atoms with Crippen molar-refractivity contribution in [2.75, 3.05) is 6.54 Å². The number of benzene rings is 1. The lowest BCUT2D eigenvalue weighted by molar-refractivity contribution is 0.292. The van der Waals surface area contributed by atoms with Gasteiger partial charge in [0.05, 0.1) is 10.9 Å². The molecule has 0 unspecified atom stereocenters. The summed E-state index contributed by atoms with van der Waals surface area (Å²) in [5, 5.41) is 0.500. The Kier molecular flexibility index (Phi) is 4.63. The number of hydrogen-bond donors (Lipinski definition) is 0. The third kappa shape index (κ3) is 2.69. The van der Waals surface area contributed by atoms with Gasteiger partial charge < -0.3 is 0 Å². The van der Waals surface area contributed by atoms with Gasteiger partial charge in [-0.25, -0.2) is 8.42 Å². The minimum atomic E-state index is -3.64. The maximum atomic E-state index is 12.8. The molecule has 0 aromatic heterocycles. The minimum Gasteiger partial charge on any atom is -0.207 e. The van der Waals surface area contributed by atoms with Crippen LogP contribution in [0.15, 0.2) is 17.0 Å². The molecule has 0 radical (unpaired) electrons. The summed E-state index contributed by atoms with van der Waals surface area (Å²) in [4.78, 5) is 0.0780. The number of nitrogens with zero attached hydrogens (tertiary/aromatic N) is 1. The van der Waals surface area contributed by atoms with Crippen LogP contribution in [0.25, 0.3) is 0 Å². The first-order valence-corrected chi connectivity index (χ1v) is 9.00. The second-order valence-electron chi connectivity index (χ2n) is 5.46. The van der Waals surface area contributed by atoms with E-state index in [1.807, 2.05) is 13.8 Å². The van der Waals surface area contributed by atoms with Crippen LogP contribution in [0.2, 0.25) is 10.0 Å². The van der Waals surface area contributed by atoms with Gasteiger partial charge in [0.2, 0.25) is 10.0 Å². The van der Waals surface area contributed by atoms with Crippen molar-refractivity contribution in [3.8, 4) is 0 Å². The summed E-state index contributed by atoms with van der Waals surface area (Å²) in [5.74, 6) is 0.0738. The molecule has 1 aliphatic heterocycles. The zero-order chi connectivity index (χ0) is 15.1. The molecule has 2 rings (SSSR count). The molecule has 0 bridgehead atoms. The molecule has 3 nitrogen and oxygen atoms in total. The Hall–Kier alpha value is -0.000000000000000167. The summed E-state index contributed by atoms with van der Waals surface area (Å²) in [6, 6.07) is 2.98.